The normalized spacial score (nSPS) is 22.5. The lowest BCUT2D eigenvalue weighted by Crippen LogP contribution is -2.45. The van der Waals surface area contributed by atoms with Crippen molar-refractivity contribution in [1.29, 1.82) is 0 Å². The first-order chi connectivity index (χ1) is 14.5. The lowest BCUT2D eigenvalue weighted by atomic mass is 9.88. The number of hydrogen-bond acceptors (Lipinski definition) is 5. The van der Waals surface area contributed by atoms with Gasteiger partial charge in [-0.25, -0.2) is 4.98 Å². The summed E-state index contributed by atoms with van der Waals surface area (Å²) in [6.45, 7) is 5.79. The molecule has 2 amide bonds. The highest BCUT2D eigenvalue weighted by atomic mass is 16.2. The van der Waals surface area contributed by atoms with Gasteiger partial charge in [0.05, 0.1) is 23.3 Å². The Bertz CT molecular complexity index is 1040. The van der Waals surface area contributed by atoms with E-state index in [0.717, 1.165) is 66.2 Å². The van der Waals surface area contributed by atoms with Gasteiger partial charge < -0.3 is 25.8 Å². The Morgan fingerprint density at radius 2 is 2.13 bits per heavy atom. The molecule has 8 nitrogen and oxygen atoms in total. The van der Waals surface area contributed by atoms with Crippen molar-refractivity contribution in [2.75, 3.05) is 32.0 Å². The average Bonchev–Trinajstić information content (AvgIpc) is 3.28. The third-order valence-electron chi connectivity index (χ3n) is 6.32. The second-order valence-electron chi connectivity index (χ2n) is 8.36. The molecule has 0 unspecified atom stereocenters. The van der Waals surface area contributed by atoms with Crippen LogP contribution in [0.15, 0.2) is 24.9 Å². The van der Waals surface area contributed by atoms with E-state index in [0.29, 0.717) is 6.54 Å². The molecule has 1 saturated heterocycles. The first-order valence-corrected chi connectivity index (χ1v) is 10.4. The Balaban J connectivity index is 1.44. The van der Waals surface area contributed by atoms with Gasteiger partial charge in [0.2, 0.25) is 5.91 Å². The molecule has 2 aliphatic heterocycles. The fourth-order valence-electron chi connectivity index (χ4n) is 4.91. The summed E-state index contributed by atoms with van der Waals surface area (Å²) in [5.74, 6) is 0.636. The van der Waals surface area contributed by atoms with Gasteiger partial charge in [-0.05, 0) is 43.2 Å². The number of hydrogen-bond donors (Lipinski definition) is 4. The van der Waals surface area contributed by atoms with E-state index >= 15 is 0 Å². The van der Waals surface area contributed by atoms with Crippen molar-refractivity contribution in [2.45, 2.75) is 31.3 Å². The van der Waals surface area contributed by atoms with Crippen LogP contribution in [0.5, 0.6) is 0 Å². The number of aromatic nitrogens is 2. The molecular formula is C22H26N6O2. The smallest absolute Gasteiger partial charge is 0.253 e. The molecule has 30 heavy (non-hydrogen) atoms. The third kappa shape index (κ3) is 3.17. The molecule has 0 bridgehead atoms. The zero-order valence-electron chi connectivity index (χ0n) is 17.0. The molecule has 0 radical (unpaired) electrons. The zero-order chi connectivity index (χ0) is 20.8. The van der Waals surface area contributed by atoms with Crippen LogP contribution in [-0.4, -0.2) is 65.4 Å². The first kappa shape index (κ1) is 18.9. The Kier molecular flexibility index (Phi) is 4.58. The molecule has 2 aromatic heterocycles. The highest BCUT2D eigenvalue weighted by Gasteiger charge is 2.33. The second kappa shape index (κ2) is 7.28. The van der Waals surface area contributed by atoms with Crippen molar-refractivity contribution >= 4 is 17.6 Å². The summed E-state index contributed by atoms with van der Waals surface area (Å²) < 4.78 is 0. The largest absolute Gasteiger partial charge is 0.364 e. The summed E-state index contributed by atoms with van der Waals surface area (Å²) in [6.07, 6.45) is 5.78. The van der Waals surface area contributed by atoms with Crippen LogP contribution in [0.2, 0.25) is 0 Å². The van der Waals surface area contributed by atoms with Gasteiger partial charge in [-0.2, -0.15) is 0 Å². The van der Waals surface area contributed by atoms with Crippen LogP contribution in [0.3, 0.4) is 0 Å². The van der Waals surface area contributed by atoms with Crippen LogP contribution < -0.4 is 16.0 Å². The number of carbonyl (C=O) groups is 2. The number of carbonyl (C=O) groups excluding carboxylic acids is 2. The molecular weight excluding hydrogens is 380 g/mol. The molecule has 156 valence electrons. The highest BCUT2D eigenvalue weighted by Crippen LogP contribution is 2.38. The molecule has 0 aromatic carbocycles. The molecule has 8 heteroatoms. The fourth-order valence-corrected chi connectivity index (χ4v) is 4.91. The number of fused-ring (bicyclic) bond motifs is 5. The van der Waals surface area contributed by atoms with Crippen LogP contribution in [0.4, 0.5) is 5.82 Å². The van der Waals surface area contributed by atoms with E-state index in [9.17, 15) is 9.59 Å². The molecule has 2 atom stereocenters. The number of aryl methyl sites for hydroxylation is 1. The van der Waals surface area contributed by atoms with Crippen LogP contribution in [0, 0.1) is 0 Å². The number of nitrogens with one attached hydrogen (secondary N) is 4. The minimum absolute atomic E-state index is 0.0182. The van der Waals surface area contributed by atoms with Crippen molar-refractivity contribution in [3.05, 3.63) is 47.3 Å². The number of likely N-dealkylation sites (tertiary alicyclic amines) is 1. The Morgan fingerprint density at radius 3 is 2.97 bits per heavy atom. The molecule has 4 heterocycles. The monoisotopic (exact) mass is 406 g/mol. The van der Waals surface area contributed by atoms with Gasteiger partial charge in [-0.1, -0.05) is 6.58 Å². The maximum absolute atomic E-state index is 12.4. The summed E-state index contributed by atoms with van der Waals surface area (Å²) >= 11 is 0. The van der Waals surface area contributed by atoms with Gasteiger partial charge in [0.25, 0.3) is 5.91 Å². The van der Waals surface area contributed by atoms with E-state index in [4.69, 9.17) is 0 Å². The average molecular weight is 406 g/mol. The standard InChI is InChI=1S/C22H26N6O2/c1-3-19(29)26-17-11-28(2)10-16(17)25-18-8-14-12(9-24-18)4-5-13-20-15(27-21(13)14)6-7-23-22(20)30/h3,8-9,16-17,27H,1,4-7,10-11H2,2H3,(H,23,30)(H,24,25)(H,26,29)/t16-,17+/m0/s1. The Labute approximate surface area is 175 Å². The lowest BCUT2D eigenvalue weighted by molar-refractivity contribution is -0.117. The first-order valence-electron chi connectivity index (χ1n) is 10.4. The van der Waals surface area contributed by atoms with E-state index in [1.165, 1.54) is 11.6 Å². The fraction of sp³-hybridized carbons (Fsp3) is 0.409. The van der Waals surface area contributed by atoms with Gasteiger partial charge in [0.1, 0.15) is 5.82 Å². The summed E-state index contributed by atoms with van der Waals surface area (Å²) in [5, 5.41) is 9.47. The van der Waals surface area contributed by atoms with Crippen molar-refractivity contribution in [2.24, 2.45) is 0 Å². The topological polar surface area (TPSA) is 102 Å². The summed E-state index contributed by atoms with van der Waals surface area (Å²) in [7, 11) is 2.04. The van der Waals surface area contributed by atoms with Crippen molar-refractivity contribution in [3.63, 3.8) is 0 Å². The van der Waals surface area contributed by atoms with Crippen LogP contribution in [0.1, 0.15) is 27.2 Å². The van der Waals surface area contributed by atoms with Gasteiger partial charge in [0, 0.05) is 43.5 Å². The maximum atomic E-state index is 12.4. The number of anilines is 1. The summed E-state index contributed by atoms with van der Waals surface area (Å²) in [5.41, 5.74) is 6.32. The molecule has 4 N–H and O–H groups in total. The molecule has 2 aromatic rings. The van der Waals surface area contributed by atoms with Crippen LogP contribution in [-0.2, 0) is 24.1 Å². The predicted molar refractivity (Wildman–Crippen MR) is 115 cm³/mol. The maximum Gasteiger partial charge on any atom is 0.253 e. The number of amides is 2. The molecule has 5 rings (SSSR count). The van der Waals surface area contributed by atoms with E-state index in [-0.39, 0.29) is 23.9 Å². The number of aromatic amines is 1. The summed E-state index contributed by atoms with van der Waals surface area (Å²) in [6, 6.07) is 2.10. The number of pyridine rings is 1. The van der Waals surface area contributed by atoms with Gasteiger partial charge in [0.15, 0.2) is 0 Å². The number of nitrogens with zero attached hydrogens (tertiary/aromatic N) is 2. The van der Waals surface area contributed by atoms with Gasteiger partial charge >= 0.3 is 0 Å². The SMILES string of the molecule is C=CC(=O)N[C@@H]1CN(C)C[C@@H]1Nc1cc2c(cn1)CCc1c-2[nH]c2c1C(=O)NCC2. The van der Waals surface area contributed by atoms with Crippen molar-refractivity contribution in [1.82, 2.24) is 25.5 Å². The highest BCUT2D eigenvalue weighted by molar-refractivity contribution is 6.00. The predicted octanol–water partition coefficient (Wildman–Crippen LogP) is 0.858. The van der Waals surface area contributed by atoms with E-state index in [1.54, 1.807) is 0 Å². The Hall–Kier alpha value is -3.13. The number of likely N-dealkylation sites (N-methyl/N-ethyl adjacent to an activating group) is 1. The minimum atomic E-state index is -0.166. The third-order valence-corrected chi connectivity index (χ3v) is 6.32. The molecule has 3 aliphatic rings. The lowest BCUT2D eigenvalue weighted by Gasteiger charge is -2.23. The van der Waals surface area contributed by atoms with Crippen molar-refractivity contribution < 1.29 is 9.59 Å². The number of H-pyrrole nitrogens is 1. The van der Waals surface area contributed by atoms with E-state index in [2.05, 4.69) is 43.5 Å². The quantitative estimate of drug-likeness (QED) is 0.564. The van der Waals surface area contributed by atoms with Crippen LogP contribution in [0.25, 0.3) is 11.3 Å². The Morgan fingerprint density at radius 1 is 1.30 bits per heavy atom. The van der Waals surface area contributed by atoms with Gasteiger partial charge in [-0.15, -0.1) is 0 Å². The van der Waals surface area contributed by atoms with Gasteiger partial charge in [-0.3, -0.25) is 9.59 Å². The minimum Gasteiger partial charge on any atom is -0.364 e. The number of rotatable bonds is 4. The molecule has 0 saturated carbocycles. The second-order valence-corrected chi connectivity index (χ2v) is 8.36. The molecule has 0 spiro atoms. The van der Waals surface area contributed by atoms with Crippen molar-refractivity contribution in [3.8, 4) is 11.3 Å². The zero-order valence-corrected chi connectivity index (χ0v) is 17.0. The van der Waals surface area contributed by atoms with Crippen LogP contribution >= 0.6 is 0 Å². The van der Waals surface area contributed by atoms with E-state index < -0.39 is 0 Å². The molecule has 1 fully saturated rings. The van der Waals surface area contributed by atoms with E-state index in [1.807, 2.05) is 13.2 Å². The molecule has 1 aliphatic carbocycles. The summed E-state index contributed by atoms with van der Waals surface area (Å²) in [4.78, 5) is 34.5.